The third kappa shape index (κ3) is 3.37. The maximum atomic E-state index is 14.2. The van der Waals surface area contributed by atoms with E-state index in [9.17, 15) is 19.2 Å². The molecule has 1 spiro atoms. The Kier molecular flexibility index (Phi) is 5.24. The molecule has 3 aliphatic rings. The minimum atomic E-state index is -1.39. The number of hydrogen-bond donors (Lipinski definition) is 3. The van der Waals surface area contributed by atoms with Crippen molar-refractivity contribution in [2.24, 2.45) is 11.8 Å². The molecule has 7 rings (SSSR count). The van der Waals surface area contributed by atoms with Crippen molar-refractivity contribution in [1.82, 2.24) is 10.3 Å². The predicted octanol–water partition coefficient (Wildman–Crippen LogP) is 3.57. The van der Waals surface area contributed by atoms with E-state index in [0.29, 0.717) is 29.1 Å². The second kappa shape index (κ2) is 8.62. The molecule has 0 bridgehead atoms. The Morgan fingerprint density at radius 2 is 1.77 bits per heavy atom. The molecule has 40 heavy (non-hydrogen) atoms. The van der Waals surface area contributed by atoms with Crippen molar-refractivity contribution in [3.8, 4) is 5.75 Å². The van der Waals surface area contributed by atoms with Crippen molar-refractivity contribution in [3.05, 3.63) is 89.6 Å². The average molecular weight is 535 g/mol. The molecular formula is C31H26N4O5. The third-order valence-corrected chi connectivity index (χ3v) is 8.34. The Morgan fingerprint density at radius 3 is 2.55 bits per heavy atom. The number of para-hydroxylation sites is 1. The normalized spacial score (nSPS) is 25.0. The molecule has 4 atom stereocenters. The van der Waals surface area contributed by atoms with Gasteiger partial charge in [0.2, 0.25) is 17.7 Å². The van der Waals surface area contributed by atoms with Crippen molar-refractivity contribution in [3.63, 3.8) is 0 Å². The van der Waals surface area contributed by atoms with E-state index in [0.717, 1.165) is 22.0 Å². The highest BCUT2D eigenvalue weighted by Crippen LogP contribution is 2.54. The van der Waals surface area contributed by atoms with E-state index in [-0.39, 0.29) is 11.8 Å². The summed E-state index contributed by atoms with van der Waals surface area (Å²) in [6.07, 6.45) is 2.37. The van der Waals surface area contributed by atoms with Gasteiger partial charge in [0, 0.05) is 41.3 Å². The van der Waals surface area contributed by atoms with E-state index >= 15 is 0 Å². The van der Waals surface area contributed by atoms with Gasteiger partial charge in [-0.05, 0) is 55.3 Å². The molecule has 4 aromatic rings. The topological polar surface area (TPSA) is 121 Å². The molecule has 3 N–H and O–H groups in total. The highest BCUT2D eigenvalue weighted by atomic mass is 16.5. The molecule has 0 radical (unpaired) electrons. The molecule has 2 saturated heterocycles. The number of carbonyl (C=O) groups excluding carboxylic acids is 4. The number of amides is 3. The van der Waals surface area contributed by atoms with Gasteiger partial charge in [-0.3, -0.25) is 24.5 Å². The Bertz CT molecular complexity index is 1740. The van der Waals surface area contributed by atoms with Gasteiger partial charge in [0.25, 0.3) is 0 Å². The maximum Gasteiger partial charge on any atom is 0.308 e. The van der Waals surface area contributed by atoms with Crippen LogP contribution in [0.25, 0.3) is 10.9 Å². The molecule has 3 aromatic carbocycles. The van der Waals surface area contributed by atoms with Crippen molar-refractivity contribution >= 4 is 46.0 Å². The van der Waals surface area contributed by atoms with E-state index in [1.165, 1.54) is 11.8 Å². The van der Waals surface area contributed by atoms with Gasteiger partial charge >= 0.3 is 5.97 Å². The van der Waals surface area contributed by atoms with Gasteiger partial charge in [0.1, 0.15) is 11.3 Å². The van der Waals surface area contributed by atoms with Crippen LogP contribution in [0, 0.1) is 18.8 Å². The van der Waals surface area contributed by atoms with E-state index in [4.69, 9.17) is 4.74 Å². The summed E-state index contributed by atoms with van der Waals surface area (Å²) in [4.78, 5) is 58.0. The highest BCUT2D eigenvalue weighted by molar-refractivity contribution is 6.25. The Hall–Kier alpha value is -4.76. The molecule has 9 heteroatoms. The fraction of sp³-hybridized carbons (Fsp3) is 0.226. The summed E-state index contributed by atoms with van der Waals surface area (Å²) in [5, 5.41) is 7.50. The zero-order valence-electron chi connectivity index (χ0n) is 21.9. The Labute approximate surface area is 229 Å². The SMILES string of the molecule is CC(=O)Oc1ccc(N2C(=O)[C@H]3[C@@H](C2=O)[C@@]2(N[C@@H]3Cc3c[nH]c4ccccc34)C(=O)Nc3ccc(C)cc32)cc1. The first kappa shape index (κ1) is 24.3. The molecule has 2 fully saturated rings. The van der Waals surface area contributed by atoms with Gasteiger partial charge in [-0.1, -0.05) is 35.9 Å². The quantitative estimate of drug-likeness (QED) is 0.209. The number of hydrogen-bond acceptors (Lipinski definition) is 6. The van der Waals surface area contributed by atoms with E-state index in [1.54, 1.807) is 24.3 Å². The molecule has 1 aromatic heterocycles. The van der Waals surface area contributed by atoms with Gasteiger partial charge in [-0.15, -0.1) is 0 Å². The van der Waals surface area contributed by atoms with E-state index in [1.807, 2.05) is 55.6 Å². The lowest BCUT2D eigenvalue weighted by atomic mass is 9.76. The lowest BCUT2D eigenvalue weighted by molar-refractivity contribution is -0.132. The van der Waals surface area contributed by atoms with Gasteiger partial charge in [0.05, 0.1) is 17.5 Å². The zero-order chi connectivity index (χ0) is 27.8. The summed E-state index contributed by atoms with van der Waals surface area (Å²) in [7, 11) is 0. The largest absolute Gasteiger partial charge is 0.427 e. The molecule has 4 heterocycles. The number of nitrogens with one attached hydrogen (secondary N) is 3. The predicted molar refractivity (Wildman–Crippen MR) is 148 cm³/mol. The van der Waals surface area contributed by atoms with Crippen LogP contribution < -0.4 is 20.3 Å². The van der Waals surface area contributed by atoms with Crippen molar-refractivity contribution < 1.29 is 23.9 Å². The van der Waals surface area contributed by atoms with Crippen molar-refractivity contribution in [1.29, 1.82) is 0 Å². The molecule has 3 amide bonds. The van der Waals surface area contributed by atoms with Crippen LogP contribution in [0.4, 0.5) is 11.4 Å². The van der Waals surface area contributed by atoms with Crippen LogP contribution in [0.1, 0.15) is 23.6 Å². The number of H-pyrrole nitrogens is 1. The van der Waals surface area contributed by atoms with Crippen LogP contribution in [0.15, 0.2) is 72.9 Å². The van der Waals surface area contributed by atoms with Gasteiger partial charge in [-0.25, -0.2) is 4.90 Å². The number of esters is 1. The minimum Gasteiger partial charge on any atom is -0.427 e. The second-order valence-corrected chi connectivity index (χ2v) is 10.7. The van der Waals surface area contributed by atoms with Crippen LogP contribution in [0.5, 0.6) is 5.75 Å². The third-order valence-electron chi connectivity index (χ3n) is 8.34. The number of carbonyl (C=O) groups is 4. The van der Waals surface area contributed by atoms with Crippen LogP contribution in [-0.2, 0) is 31.1 Å². The monoisotopic (exact) mass is 534 g/mol. The smallest absolute Gasteiger partial charge is 0.308 e. The number of rotatable bonds is 4. The summed E-state index contributed by atoms with van der Waals surface area (Å²) in [5.41, 5.74) is 3.22. The zero-order valence-corrected chi connectivity index (χ0v) is 21.9. The standard InChI is InChI=1S/C31H26N4O5/c1-16-7-12-24-22(13-16)31(30(39)33-24)27-26(25(34-31)14-18-15-32-23-6-4-3-5-21(18)23)28(37)35(29(27)38)19-8-10-20(11-9-19)40-17(2)36/h3-13,15,25-27,32,34H,14H2,1-2H3,(H,33,39)/t25-,26-,27+,31-/m1/s1. The van der Waals surface area contributed by atoms with Crippen LogP contribution in [-0.4, -0.2) is 34.7 Å². The summed E-state index contributed by atoms with van der Waals surface area (Å²) in [6.45, 7) is 3.24. The first-order valence-electron chi connectivity index (χ1n) is 13.2. The molecule has 0 saturated carbocycles. The first-order valence-corrected chi connectivity index (χ1v) is 13.2. The summed E-state index contributed by atoms with van der Waals surface area (Å²) >= 11 is 0. The second-order valence-electron chi connectivity index (χ2n) is 10.7. The average Bonchev–Trinajstić information content (AvgIpc) is 3.64. The van der Waals surface area contributed by atoms with Crippen molar-refractivity contribution in [2.45, 2.75) is 31.8 Å². The van der Waals surface area contributed by atoms with E-state index in [2.05, 4.69) is 15.6 Å². The van der Waals surface area contributed by atoms with Crippen LogP contribution >= 0.6 is 0 Å². The van der Waals surface area contributed by atoms with Crippen molar-refractivity contribution in [2.75, 3.05) is 10.2 Å². The number of aromatic amines is 1. The molecule has 0 unspecified atom stereocenters. The fourth-order valence-corrected chi connectivity index (χ4v) is 6.71. The molecule has 200 valence electrons. The fourth-order valence-electron chi connectivity index (χ4n) is 6.71. The Morgan fingerprint density at radius 1 is 1.00 bits per heavy atom. The molecule has 9 nitrogen and oxygen atoms in total. The van der Waals surface area contributed by atoms with Gasteiger partial charge < -0.3 is 15.0 Å². The number of benzene rings is 3. The minimum absolute atomic E-state index is 0.311. The molecular weight excluding hydrogens is 508 g/mol. The maximum absolute atomic E-state index is 14.2. The number of fused-ring (bicyclic) bond motifs is 5. The van der Waals surface area contributed by atoms with Crippen LogP contribution in [0.2, 0.25) is 0 Å². The summed E-state index contributed by atoms with van der Waals surface area (Å²) < 4.78 is 5.12. The number of ether oxygens (including phenoxy) is 1. The summed E-state index contributed by atoms with van der Waals surface area (Å²) in [5.74, 6) is -3.00. The lowest BCUT2D eigenvalue weighted by Crippen LogP contribution is -2.53. The Balaban J connectivity index is 1.34. The number of imide groups is 1. The van der Waals surface area contributed by atoms with Gasteiger partial charge in [0.15, 0.2) is 0 Å². The number of aromatic nitrogens is 1. The lowest BCUT2D eigenvalue weighted by Gasteiger charge is -2.29. The summed E-state index contributed by atoms with van der Waals surface area (Å²) in [6, 6.07) is 19.3. The number of anilines is 2. The molecule has 0 aliphatic carbocycles. The highest BCUT2D eigenvalue weighted by Gasteiger charge is 2.70. The van der Waals surface area contributed by atoms with E-state index < -0.39 is 35.3 Å². The van der Waals surface area contributed by atoms with Crippen LogP contribution in [0.3, 0.4) is 0 Å². The first-order chi connectivity index (χ1) is 19.3. The number of aryl methyl sites for hydroxylation is 1. The molecule has 3 aliphatic heterocycles. The van der Waals surface area contributed by atoms with Gasteiger partial charge in [-0.2, -0.15) is 0 Å². The number of nitrogens with zero attached hydrogens (tertiary/aromatic N) is 1.